The molecule has 0 amide bonds. The average molecular weight is 235 g/mol. The Morgan fingerprint density at radius 3 is 2.33 bits per heavy atom. The quantitative estimate of drug-likeness (QED) is 0.596. The lowest BCUT2D eigenvalue weighted by Gasteiger charge is -2.02. The minimum atomic E-state index is 0.345. The molecular weight excluding hydrogens is 220 g/mol. The summed E-state index contributed by atoms with van der Waals surface area (Å²) >= 11 is 3.26. The van der Waals surface area contributed by atoms with Crippen LogP contribution in [0.2, 0.25) is 0 Å². The van der Waals surface area contributed by atoms with Gasteiger partial charge in [0.05, 0.1) is 17.4 Å². The highest BCUT2D eigenvalue weighted by molar-refractivity contribution is 9.11. The average Bonchev–Trinajstić information content (AvgIpc) is 2.12. The molecule has 0 aromatic heterocycles. The topological polar surface area (TPSA) is 29.5 Å². The van der Waals surface area contributed by atoms with Crippen LogP contribution >= 0.6 is 15.9 Å². The van der Waals surface area contributed by atoms with E-state index in [1.165, 1.54) is 0 Å². The van der Waals surface area contributed by atoms with E-state index < -0.39 is 0 Å². The summed E-state index contributed by atoms with van der Waals surface area (Å²) < 4.78 is 5.75. The largest absolute Gasteiger partial charge is 0.511 e. The molecule has 0 radical (unpaired) electrons. The van der Waals surface area contributed by atoms with Crippen molar-refractivity contribution < 1.29 is 9.84 Å². The van der Waals surface area contributed by atoms with Crippen LogP contribution in [0, 0.1) is 0 Å². The highest BCUT2D eigenvalue weighted by atomic mass is 79.9. The maximum Gasteiger partial charge on any atom is 0.106 e. The van der Waals surface area contributed by atoms with Gasteiger partial charge in [0, 0.05) is 12.8 Å². The Hall–Kier alpha value is -0.440. The standard InChI is InChI=1S/C9H15BrO2/c1-4-7(12-3)6-8(10)9(11)5-2/h6,11H,4-5H2,1-3H3/b7-6+,9-8-. The first kappa shape index (κ1) is 11.6. The maximum absolute atomic E-state index is 9.30. The van der Waals surface area contributed by atoms with Crippen molar-refractivity contribution in [3.63, 3.8) is 0 Å². The molecule has 3 heteroatoms. The van der Waals surface area contributed by atoms with Crippen LogP contribution in [0.25, 0.3) is 0 Å². The first-order chi connectivity index (χ1) is 5.65. The van der Waals surface area contributed by atoms with Crippen LogP contribution in [0.3, 0.4) is 0 Å². The molecule has 0 bridgehead atoms. The number of aliphatic hydroxyl groups excluding tert-OH is 1. The summed E-state index contributed by atoms with van der Waals surface area (Å²) in [5.41, 5.74) is 0. The Morgan fingerprint density at radius 1 is 1.42 bits per heavy atom. The van der Waals surface area contributed by atoms with Gasteiger partial charge in [0.25, 0.3) is 0 Å². The number of halogens is 1. The van der Waals surface area contributed by atoms with Crippen molar-refractivity contribution in [3.05, 3.63) is 22.1 Å². The van der Waals surface area contributed by atoms with Crippen molar-refractivity contribution >= 4 is 15.9 Å². The number of aliphatic hydroxyl groups is 1. The number of hydrogen-bond donors (Lipinski definition) is 1. The van der Waals surface area contributed by atoms with Crippen molar-refractivity contribution in [1.29, 1.82) is 0 Å². The molecule has 0 heterocycles. The smallest absolute Gasteiger partial charge is 0.106 e. The minimum Gasteiger partial charge on any atom is -0.511 e. The van der Waals surface area contributed by atoms with Crippen molar-refractivity contribution in [2.24, 2.45) is 0 Å². The minimum absolute atomic E-state index is 0.345. The Kier molecular flexibility index (Phi) is 5.89. The number of hydrogen-bond acceptors (Lipinski definition) is 2. The van der Waals surface area contributed by atoms with E-state index in [-0.39, 0.29) is 0 Å². The number of rotatable bonds is 4. The first-order valence-electron chi connectivity index (χ1n) is 3.97. The van der Waals surface area contributed by atoms with E-state index in [1.54, 1.807) is 13.2 Å². The van der Waals surface area contributed by atoms with Gasteiger partial charge in [0.2, 0.25) is 0 Å². The van der Waals surface area contributed by atoms with Gasteiger partial charge in [-0.25, -0.2) is 0 Å². The molecule has 0 aliphatic heterocycles. The number of methoxy groups -OCH3 is 1. The Bertz CT molecular complexity index is 189. The second kappa shape index (κ2) is 6.12. The molecule has 0 aliphatic carbocycles. The summed E-state index contributed by atoms with van der Waals surface area (Å²) in [7, 11) is 1.62. The van der Waals surface area contributed by atoms with Gasteiger partial charge in [0.15, 0.2) is 0 Å². The van der Waals surface area contributed by atoms with E-state index in [1.807, 2.05) is 13.8 Å². The highest BCUT2D eigenvalue weighted by Gasteiger charge is 1.98. The predicted octanol–water partition coefficient (Wildman–Crippen LogP) is 3.50. The third-order valence-corrected chi connectivity index (χ3v) is 2.20. The van der Waals surface area contributed by atoms with Crippen LogP contribution in [0.15, 0.2) is 22.1 Å². The Morgan fingerprint density at radius 2 is 2.00 bits per heavy atom. The summed E-state index contributed by atoms with van der Waals surface area (Å²) in [5.74, 6) is 1.19. The van der Waals surface area contributed by atoms with E-state index in [9.17, 15) is 5.11 Å². The van der Waals surface area contributed by atoms with Crippen LogP contribution in [0.5, 0.6) is 0 Å². The van der Waals surface area contributed by atoms with Crippen molar-refractivity contribution in [2.45, 2.75) is 26.7 Å². The van der Waals surface area contributed by atoms with Gasteiger partial charge in [-0.3, -0.25) is 0 Å². The van der Waals surface area contributed by atoms with Crippen molar-refractivity contribution in [2.75, 3.05) is 7.11 Å². The molecule has 1 N–H and O–H groups in total. The third-order valence-electron chi connectivity index (χ3n) is 1.51. The fraction of sp³-hybridized carbons (Fsp3) is 0.556. The molecule has 0 spiro atoms. The SMILES string of the molecule is CC/C(O)=C(Br)\C=C(/CC)OC. The van der Waals surface area contributed by atoms with Gasteiger partial charge in [0.1, 0.15) is 5.76 Å². The zero-order valence-electron chi connectivity index (χ0n) is 7.72. The zero-order valence-corrected chi connectivity index (χ0v) is 9.31. The number of ether oxygens (including phenoxy) is 1. The molecule has 0 fully saturated rings. The van der Waals surface area contributed by atoms with Gasteiger partial charge in [-0.15, -0.1) is 0 Å². The van der Waals surface area contributed by atoms with Crippen LogP contribution in [-0.4, -0.2) is 12.2 Å². The fourth-order valence-corrected chi connectivity index (χ4v) is 1.23. The lowest BCUT2D eigenvalue weighted by molar-refractivity contribution is 0.280. The second-order valence-electron chi connectivity index (χ2n) is 2.32. The van der Waals surface area contributed by atoms with Gasteiger partial charge < -0.3 is 9.84 Å². The molecule has 0 aromatic carbocycles. The lowest BCUT2D eigenvalue weighted by Crippen LogP contribution is -1.86. The lowest BCUT2D eigenvalue weighted by atomic mass is 10.3. The summed E-state index contributed by atoms with van der Waals surface area (Å²) in [4.78, 5) is 0. The van der Waals surface area contributed by atoms with E-state index in [4.69, 9.17) is 4.74 Å². The molecule has 0 saturated carbocycles. The van der Waals surface area contributed by atoms with Crippen LogP contribution in [0.1, 0.15) is 26.7 Å². The molecule has 0 rings (SSSR count). The van der Waals surface area contributed by atoms with E-state index in [0.717, 1.165) is 12.2 Å². The summed E-state index contributed by atoms with van der Waals surface area (Å²) in [6, 6.07) is 0. The van der Waals surface area contributed by atoms with Crippen LogP contribution in [0.4, 0.5) is 0 Å². The van der Waals surface area contributed by atoms with Gasteiger partial charge >= 0.3 is 0 Å². The summed E-state index contributed by atoms with van der Waals surface area (Å²) in [5, 5.41) is 9.30. The summed E-state index contributed by atoms with van der Waals surface area (Å²) in [6.07, 6.45) is 3.24. The first-order valence-corrected chi connectivity index (χ1v) is 4.77. The summed E-state index contributed by atoms with van der Waals surface area (Å²) in [6.45, 7) is 3.89. The molecule has 0 aliphatic rings. The normalized spacial score (nSPS) is 14.2. The monoisotopic (exact) mass is 234 g/mol. The molecule has 0 aromatic rings. The van der Waals surface area contributed by atoms with Crippen LogP contribution in [-0.2, 0) is 4.74 Å². The van der Waals surface area contributed by atoms with E-state index in [2.05, 4.69) is 15.9 Å². The van der Waals surface area contributed by atoms with Gasteiger partial charge in [-0.2, -0.15) is 0 Å². The Labute approximate surface area is 82.1 Å². The Balaban J connectivity index is 4.49. The third kappa shape index (κ3) is 3.81. The number of allylic oxidation sites excluding steroid dienone is 4. The molecule has 12 heavy (non-hydrogen) atoms. The zero-order chi connectivity index (χ0) is 9.56. The van der Waals surface area contributed by atoms with Gasteiger partial charge in [-0.05, 0) is 22.0 Å². The fourth-order valence-electron chi connectivity index (χ4n) is 0.699. The maximum atomic E-state index is 9.30. The van der Waals surface area contributed by atoms with Crippen molar-refractivity contribution in [1.82, 2.24) is 0 Å². The molecule has 0 atom stereocenters. The van der Waals surface area contributed by atoms with E-state index in [0.29, 0.717) is 16.7 Å². The van der Waals surface area contributed by atoms with Gasteiger partial charge in [-0.1, -0.05) is 13.8 Å². The molecular formula is C9H15BrO2. The molecule has 70 valence electrons. The predicted molar refractivity (Wildman–Crippen MR) is 54.3 cm³/mol. The van der Waals surface area contributed by atoms with E-state index >= 15 is 0 Å². The highest BCUT2D eigenvalue weighted by Crippen LogP contribution is 2.17. The molecule has 2 nitrogen and oxygen atoms in total. The molecule has 0 unspecified atom stereocenters. The van der Waals surface area contributed by atoms with Crippen molar-refractivity contribution in [3.8, 4) is 0 Å². The molecule has 0 saturated heterocycles. The van der Waals surface area contributed by atoms with Crippen LogP contribution < -0.4 is 0 Å². The second-order valence-corrected chi connectivity index (χ2v) is 3.17.